The predicted molar refractivity (Wildman–Crippen MR) is 41.0 cm³/mol. The summed E-state index contributed by atoms with van der Waals surface area (Å²) in [5.74, 6) is -0.212. The van der Waals surface area contributed by atoms with Crippen LogP contribution in [0, 0.1) is 6.07 Å². The van der Waals surface area contributed by atoms with E-state index in [0.29, 0.717) is 6.42 Å². The molecule has 0 unspecified atom stereocenters. The van der Waals surface area contributed by atoms with Gasteiger partial charge >= 0.3 is 5.97 Å². The number of carbonyl (C=O) groups excluding carboxylic acids is 1. The maximum atomic E-state index is 10.7. The summed E-state index contributed by atoms with van der Waals surface area (Å²) in [5.41, 5.74) is 0.954. The molecule has 1 aromatic rings. The van der Waals surface area contributed by atoms with Gasteiger partial charge in [-0.15, -0.1) is 5.56 Å². The molecule has 0 saturated carbocycles. The van der Waals surface area contributed by atoms with Crippen molar-refractivity contribution in [2.24, 2.45) is 0 Å². The smallest absolute Gasteiger partial charge is 0.307 e. The van der Waals surface area contributed by atoms with Gasteiger partial charge in [-0.1, -0.05) is 0 Å². The Morgan fingerprint density at radius 3 is 2.58 bits per heavy atom. The Labute approximate surface area is 97.2 Å². The van der Waals surface area contributed by atoms with Crippen LogP contribution in [-0.4, -0.2) is 13.1 Å². The van der Waals surface area contributed by atoms with E-state index in [1.165, 1.54) is 7.11 Å². The molecule has 0 aliphatic heterocycles. The monoisotopic (exact) mass is 238 g/mol. The molecule has 0 spiro atoms. The van der Waals surface area contributed by atoms with Crippen molar-refractivity contribution in [3.63, 3.8) is 0 Å². The maximum Gasteiger partial charge on any atom is 0.307 e. The van der Waals surface area contributed by atoms with Crippen LogP contribution in [0.15, 0.2) is 24.3 Å². The summed E-state index contributed by atoms with van der Waals surface area (Å²) in [6.07, 6.45) is 0.338. The van der Waals surface area contributed by atoms with E-state index < -0.39 is 0 Å². The molecule has 0 aliphatic carbocycles. The zero-order valence-corrected chi connectivity index (χ0v) is 9.75. The number of esters is 1. The Balaban J connectivity index is 0.00000121. The van der Waals surface area contributed by atoms with Crippen LogP contribution in [0.5, 0.6) is 0 Å². The molecule has 0 heterocycles. The van der Waals surface area contributed by atoms with E-state index in [9.17, 15) is 4.79 Å². The van der Waals surface area contributed by atoms with E-state index in [2.05, 4.69) is 10.8 Å². The first-order valence-corrected chi connectivity index (χ1v) is 3.34. The van der Waals surface area contributed by atoms with Crippen molar-refractivity contribution in [2.45, 2.75) is 6.42 Å². The van der Waals surface area contributed by atoms with Crippen LogP contribution < -0.4 is 0 Å². The van der Waals surface area contributed by atoms with Crippen LogP contribution in [0.2, 0.25) is 0 Å². The second-order valence-corrected chi connectivity index (χ2v) is 2.16. The van der Waals surface area contributed by atoms with Crippen molar-refractivity contribution in [1.29, 1.82) is 0 Å². The average molecular weight is 238 g/mol. The Morgan fingerprint density at radius 1 is 1.50 bits per heavy atom. The molecule has 0 aliphatic rings. The number of hydrogen-bond donors (Lipinski definition) is 0. The van der Waals surface area contributed by atoms with Gasteiger partial charge in [0, 0.05) is 39.1 Å². The van der Waals surface area contributed by atoms with E-state index in [1.54, 1.807) is 12.1 Å². The third-order valence-corrected chi connectivity index (χ3v) is 1.36. The minimum absolute atomic E-state index is 0. The molecular formula is C9H9O2Y-. The number of hydrogen-bond acceptors (Lipinski definition) is 2. The molecule has 1 aromatic carbocycles. The fourth-order valence-electron chi connectivity index (χ4n) is 0.778. The SMILES string of the molecule is COC(=O)Cc1cc[c-]cc1.[Y]. The van der Waals surface area contributed by atoms with Gasteiger partial charge in [0.05, 0.1) is 7.11 Å². The predicted octanol–water partition coefficient (Wildman–Crippen LogP) is 1.20. The second kappa shape index (κ2) is 6.33. The summed E-state index contributed by atoms with van der Waals surface area (Å²) < 4.78 is 4.50. The van der Waals surface area contributed by atoms with Gasteiger partial charge < -0.3 is 4.74 Å². The minimum atomic E-state index is -0.212. The zero-order chi connectivity index (χ0) is 8.10. The minimum Gasteiger partial charge on any atom is -0.469 e. The molecular weight excluding hydrogens is 229 g/mol. The third-order valence-electron chi connectivity index (χ3n) is 1.36. The molecule has 12 heavy (non-hydrogen) atoms. The van der Waals surface area contributed by atoms with E-state index in [4.69, 9.17) is 0 Å². The summed E-state index contributed by atoms with van der Waals surface area (Å²) in [6, 6.07) is 10.1. The Hall–Kier alpha value is -0.206. The Bertz CT molecular complexity index is 234. The molecule has 0 N–H and O–H groups in total. The fraction of sp³-hybridized carbons (Fsp3) is 0.222. The van der Waals surface area contributed by atoms with Crippen LogP contribution in [0.4, 0.5) is 0 Å². The second-order valence-electron chi connectivity index (χ2n) is 2.16. The van der Waals surface area contributed by atoms with E-state index in [-0.39, 0.29) is 38.7 Å². The summed E-state index contributed by atoms with van der Waals surface area (Å²) in [6.45, 7) is 0. The van der Waals surface area contributed by atoms with Crippen molar-refractivity contribution in [3.05, 3.63) is 35.9 Å². The van der Waals surface area contributed by atoms with Gasteiger partial charge in [0.1, 0.15) is 0 Å². The number of carbonyl (C=O) groups is 1. The fourth-order valence-corrected chi connectivity index (χ4v) is 0.778. The quantitative estimate of drug-likeness (QED) is 0.571. The van der Waals surface area contributed by atoms with E-state index >= 15 is 0 Å². The van der Waals surface area contributed by atoms with Crippen LogP contribution in [-0.2, 0) is 48.7 Å². The van der Waals surface area contributed by atoms with Crippen molar-refractivity contribution >= 4 is 5.97 Å². The first kappa shape index (κ1) is 11.8. The molecule has 0 aromatic heterocycles. The van der Waals surface area contributed by atoms with Crippen molar-refractivity contribution in [3.8, 4) is 0 Å². The van der Waals surface area contributed by atoms with Crippen LogP contribution in [0.25, 0.3) is 0 Å². The molecule has 0 bridgehead atoms. The molecule has 2 nitrogen and oxygen atoms in total. The molecule has 0 fully saturated rings. The number of methoxy groups -OCH3 is 1. The van der Waals surface area contributed by atoms with Gasteiger partial charge in [-0.2, -0.15) is 30.3 Å². The zero-order valence-electron chi connectivity index (χ0n) is 6.91. The number of rotatable bonds is 2. The van der Waals surface area contributed by atoms with Crippen molar-refractivity contribution in [2.75, 3.05) is 7.11 Å². The third kappa shape index (κ3) is 3.98. The Morgan fingerprint density at radius 2 is 2.08 bits per heavy atom. The van der Waals surface area contributed by atoms with E-state index in [0.717, 1.165) is 5.56 Å². The van der Waals surface area contributed by atoms with Gasteiger partial charge in [-0.25, -0.2) is 0 Å². The van der Waals surface area contributed by atoms with Crippen LogP contribution in [0.1, 0.15) is 5.56 Å². The maximum absolute atomic E-state index is 10.7. The van der Waals surface area contributed by atoms with Crippen molar-refractivity contribution < 1.29 is 42.2 Å². The molecule has 0 atom stereocenters. The summed E-state index contributed by atoms with van der Waals surface area (Å²) in [7, 11) is 1.39. The standard InChI is InChI=1S/C9H9O2.Y/c1-11-9(10)7-8-5-3-2-4-6-8;/h3-6H,7H2,1H3;/q-1;. The normalized spacial score (nSPS) is 8.42. The van der Waals surface area contributed by atoms with Gasteiger partial charge in [0.2, 0.25) is 0 Å². The first-order valence-electron chi connectivity index (χ1n) is 3.34. The molecule has 0 amide bonds. The summed E-state index contributed by atoms with van der Waals surface area (Å²) in [5, 5.41) is 0. The van der Waals surface area contributed by atoms with Crippen LogP contribution >= 0.6 is 0 Å². The molecule has 1 radical (unpaired) electrons. The first-order chi connectivity index (χ1) is 5.33. The largest absolute Gasteiger partial charge is 0.469 e. The van der Waals surface area contributed by atoms with Gasteiger partial charge in [-0.05, 0) is 0 Å². The summed E-state index contributed by atoms with van der Waals surface area (Å²) >= 11 is 0. The van der Waals surface area contributed by atoms with Gasteiger partial charge in [0.15, 0.2) is 0 Å². The average Bonchev–Trinajstić information content (AvgIpc) is 2.06. The molecule has 3 heteroatoms. The molecule has 1 rings (SSSR count). The topological polar surface area (TPSA) is 26.3 Å². The number of benzene rings is 1. The summed E-state index contributed by atoms with van der Waals surface area (Å²) in [4.78, 5) is 10.7. The molecule has 61 valence electrons. The van der Waals surface area contributed by atoms with E-state index in [1.807, 2.05) is 12.1 Å². The van der Waals surface area contributed by atoms with Crippen LogP contribution in [0.3, 0.4) is 0 Å². The number of ether oxygens (including phenoxy) is 1. The Kier molecular flexibility index (Phi) is 6.22. The van der Waals surface area contributed by atoms with Gasteiger partial charge in [-0.3, -0.25) is 4.79 Å². The van der Waals surface area contributed by atoms with Gasteiger partial charge in [0.25, 0.3) is 0 Å². The van der Waals surface area contributed by atoms with Crippen molar-refractivity contribution in [1.82, 2.24) is 0 Å². The molecule has 0 saturated heterocycles.